The zero-order chi connectivity index (χ0) is 18.3. The van der Waals surface area contributed by atoms with Gasteiger partial charge in [0.05, 0.1) is 0 Å². The smallest absolute Gasteiger partial charge is 0.0466 e. The molecule has 0 aromatic heterocycles. The fraction of sp³-hybridized carbons (Fsp3) is 0.810. The van der Waals surface area contributed by atoms with Crippen molar-refractivity contribution in [2.24, 2.45) is 0 Å². The number of rotatable bonds is 4. The number of hydrogen-bond acceptors (Lipinski definition) is 4. The highest BCUT2D eigenvalue weighted by molar-refractivity contribution is 7.99. The van der Waals surface area contributed by atoms with Gasteiger partial charge in [-0.3, -0.25) is 0 Å². The molecule has 148 valence electrons. The van der Waals surface area contributed by atoms with Crippen LogP contribution in [0.15, 0.2) is 25.3 Å². The van der Waals surface area contributed by atoms with Crippen LogP contribution in [0.25, 0.3) is 0 Å². The summed E-state index contributed by atoms with van der Waals surface area (Å²) in [7, 11) is 0. The summed E-state index contributed by atoms with van der Waals surface area (Å²) in [6, 6.07) is 0. The van der Waals surface area contributed by atoms with Crippen LogP contribution in [0.3, 0.4) is 0 Å². The Labute approximate surface area is 160 Å². The molecule has 0 N–H and O–H groups in total. The molecule has 0 amide bonds. The maximum atomic E-state index is 5.07. The molecule has 0 radical (unpaired) electrons. The van der Waals surface area contributed by atoms with Gasteiger partial charge >= 0.3 is 0 Å². The summed E-state index contributed by atoms with van der Waals surface area (Å²) in [5.41, 5.74) is 0. The molecular weight excluding hydrogens is 332 g/mol. The van der Waals surface area contributed by atoms with Gasteiger partial charge in [-0.1, -0.05) is 12.2 Å². The zero-order valence-electron chi connectivity index (χ0n) is 16.2. The van der Waals surface area contributed by atoms with Gasteiger partial charge in [-0.15, -0.1) is 13.2 Å². The SMILES string of the molecule is C1CCOCC1.C1CCOCC1.C1CCOCC1.C=CCSCC=C. The second-order valence-corrected chi connectivity index (χ2v) is 7.21. The van der Waals surface area contributed by atoms with Gasteiger partial charge in [-0.25, -0.2) is 0 Å². The average Bonchev–Trinajstić information content (AvgIpc) is 2.74. The first-order chi connectivity index (χ1) is 12.4. The van der Waals surface area contributed by atoms with E-state index in [0.717, 1.165) is 51.1 Å². The van der Waals surface area contributed by atoms with E-state index in [9.17, 15) is 0 Å². The maximum absolute atomic E-state index is 5.07. The molecule has 0 saturated carbocycles. The first-order valence-corrected chi connectivity index (χ1v) is 11.1. The van der Waals surface area contributed by atoms with Crippen LogP contribution >= 0.6 is 11.8 Å². The standard InChI is InChI=1S/C6H10S.3C5H10O/c1-3-5-7-6-4-2;3*1-2-4-6-5-3-1/h3-4H,1-2,5-6H2;3*1-5H2. The largest absolute Gasteiger partial charge is 0.381 e. The van der Waals surface area contributed by atoms with E-state index in [-0.39, 0.29) is 0 Å². The Kier molecular flexibility index (Phi) is 23.4. The van der Waals surface area contributed by atoms with E-state index in [1.807, 2.05) is 23.9 Å². The Balaban J connectivity index is 0.000000307. The maximum Gasteiger partial charge on any atom is 0.0466 e. The normalized spacial score (nSPS) is 19.5. The van der Waals surface area contributed by atoms with Gasteiger partial charge in [0.25, 0.3) is 0 Å². The highest BCUT2D eigenvalue weighted by atomic mass is 32.2. The van der Waals surface area contributed by atoms with Crippen molar-refractivity contribution < 1.29 is 14.2 Å². The highest BCUT2D eigenvalue weighted by Crippen LogP contribution is 2.03. The molecule has 3 heterocycles. The van der Waals surface area contributed by atoms with E-state index in [2.05, 4.69) is 13.2 Å². The van der Waals surface area contributed by atoms with E-state index in [1.54, 1.807) is 0 Å². The third-order valence-corrected chi connectivity index (χ3v) is 4.65. The lowest BCUT2D eigenvalue weighted by molar-refractivity contribution is 0.0967. The molecule has 3 aliphatic rings. The second kappa shape index (κ2) is 23.7. The molecule has 0 aliphatic carbocycles. The molecule has 0 aromatic carbocycles. The molecular formula is C21H40O3S. The Morgan fingerprint density at radius 1 is 0.520 bits per heavy atom. The average molecular weight is 373 g/mol. The monoisotopic (exact) mass is 372 g/mol. The van der Waals surface area contributed by atoms with Gasteiger partial charge in [-0.2, -0.15) is 11.8 Å². The number of hydrogen-bond donors (Lipinski definition) is 0. The Morgan fingerprint density at radius 3 is 0.920 bits per heavy atom. The second-order valence-electron chi connectivity index (χ2n) is 6.13. The van der Waals surface area contributed by atoms with Gasteiger partial charge in [0, 0.05) is 51.1 Å². The van der Waals surface area contributed by atoms with Crippen LogP contribution in [0.4, 0.5) is 0 Å². The van der Waals surface area contributed by atoms with Crippen molar-refractivity contribution in [2.45, 2.75) is 57.8 Å². The predicted octanol–water partition coefficient (Wildman–Crippen LogP) is 5.65. The molecule has 3 fully saturated rings. The molecule has 3 rings (SSSR count). The molecule has 0 aromatic rings. The molecule has 4 heteroatoms. The van der Waals surface area contributed by atoms with Crippen molar-refractivity contribution in [3.63, 3.8) is 0 Å². The quantitative estimate of drug-likeness (QED) is 0.470. The summed E-state index contributed by atoms with van der Waals surface area (Å²) in [6.07, 6.45) is 15.6. The molecule has 3 nitrogen and oxygen atoms in total. The Bertz CT molecular complexity index is 189. The molecule has 0 bridgehead atoms. The molecule has 0 spiro atoms. The zero-order valence-corrected chi connectivity index (χ0v) is 17.0. The fourth-order valence-electron chi connectivity index (χ4n) is 2.30. The summed E-state index contributed by atoms with van der Waals surface area (Å²) < 4.78 is 15.2. The Hall–Kier alpha value is -0.290. The van der Waals surface area contributed by atoms with Crippen molar-refractivity contribution in [1.82, 2.24) is 0 Å². The summed E-state index contributed by atoms with van der Waals surface area (Å²) in [6.45, 7) is 13.2. The van der Waals surface area contributed by atoms with E-state index in [4.69, 9.17) is 14.2 Å². The molecule has 0 atom stereocenters. The third kappa shape index (κ3) is 23.7. The van der Waals surface area contributed by atoms with Crippen LogP contribution in [-0.2, 0) is 14.2 Å². The van der Waals surface area contributed by atoms with Crippen LogP contribution in [0.1, 0.15) is 57.8 Å². The topological polar surface area (TPSA) is 27.7 Å². The fourth-order valence-corrected chi connectivity index (χ4v) is 2.77. The van der Waals surface area contributed by atoms with Crippen molar-refractivity contribution in [3.05, 3.63) is 25.3 Å². The molecule has 3 saturated heterocycles. The third-order valence-electron chi connectivity index (χ3n) is 3.70. The molecule has 3 aliphatic heterocycles. The van der Waals surface area contributed by atoms with Crippen molar-refractivity contribution >= 4 is 11.8 Å². The lowest BCUT2D eigenvalue weighted by Crippen LogP contribution is -2.03. The van der Waals surface area contributed by atoms with Crippen LogP contribution in [0.5, 0.6) is 0 Å². The lowest BCUT2D eigenvalue weighted by atomic mass is 10.2. The summed E-state index contributed by atoms with van der Waals surface area (Å²) >= 11 is 1.82. The summed E-state index contributed by atoms with van der Waals surface area (Å²) in [4.78, 5) is 0. The number of ether oxygens (including phenoxy) is 3. The van der Waals surface area contributed by atoms with E-state index in [0.29, 0.717) is 0 Å². The lowest BCUT2D eigenvalue weighted by Gasteiger charge is -2.08. The first-order valence-electron chi connectivity index (χ1n) is 9.94. The van der Waals surface area contributed by atoms with Gasteiger partial charge < -0.3 is 14.2 Å². The van der Waals surface area contributed by atoms with Crippen LogP contribution in [-0.4, -0.2) is 51.1 Å². The number of thioether (sulfide) groups is 1. The summed E-state index contributed by atoms with van der Waals surface area (Å²) in [5.74, 6) is 2.07. The van der Waals surface area contributed by atoms with Crippen molar-refractivity contribution in [2.75, 3.05) is 51.1 Å². The molecule has 25 heavy (non-hydrogen) atoms. The minimum Gasteiger partial charge on any atom is -0.381 e. The van der Waals surface area contributed by atoms with Gasteiger partial charge in [0.1, 0.15) is 0 Å². The minimum absolute atomic E-state index is 1.00. The van der Waals surface area contributed by atoms with E-state index in [1.165, 1.54) is 57.8 Å². The molecule has 0 unspecified atom stereocenters. The van der Waals surface area contributed by atoms with Gasteiger partial charge in [-0.05, 0) is 57.8 Å². The van der Waals surface area contributed by atoms with Gasteiger partial charge in [0.2, 0.25) is 0 Å². The Morgan fingerprint density at radius 2 is 0.800 bits per heavy atom. The van der Waals surface area contributed by atoms with E-state index < -0.39 is 0 Å². The van der Waals surface area contributed by atoms with Crippen molar-refractivity contribution in [3.8, 4) is 0 Å². The van der Waals surface area contributed by atoms with Crippen molar-refractivity contribution in [1.29, 1.82) is 0 Å². The minimum atomic E-state index is 1.00. The van der Waals surface area contributed by atoms with Crippen LogP contribution in [0.2, 0.25) is 0 Å². The summed E-state index contributed by atoms with van der Waals surface area (Å²) in [5, 5.41) is 0. The van der Waals surface area contributed by atoms with E-state index >= 15 is 0 Å². The van der Waals surface area contributed by atoms with Crippen LogP contribution < -0.4 is 0 Å². The van der Waals surface area contributed by atoms with Gasteiger partial charge in [0.15, 0.2) is 0 Å². The first kappa shape index (κ1) is 24.7. The van der Waals surface area contributed by atoms with Crippen LogP contribution in [0, 0.1) is 0 Å². The predicted molar refractivity (Wildman–Crippen MR) is 112 cm³/mol. The highest BCUT2D eigenvalue weighted by Gasteiger charge is 1.96.